The highest BCUT2D eigenvalue weighted by Crippen LogP contribution is 2.52. The van der Waals surface area contributed by atoms with Gasteiger partial charge in [0.25, 0.3) is 0 Å². The number of rotatable bonds is 1. The number of nitrogens with two attached hydrogens (primary N) is 1. The van der Waals surface area contributed by atoms with Crippen molar-refractivity contribution in [3.05, 3.63) is 0 Å². The van der Waals surface area contributed by atoms with E-state index in [4.69, 9.17) is 5.73 Å². The van der Waals surface area contributed by atoms with E-state index in [1.54, 1.807) is 0 Å². The second-order valence-electron chi connectivity index (χ2n) is 3.66. The van der Waals surface area contributed by atoms with E-state index in [-0.39, 0.29) is 0 Å². The lowest BCUT2D eigenvalue weighted by atomic mass is 10.1. The van der Waals surface area contributed by atoms with Gasteiger partial charge in [-0.25, -0.2) is 0 Å². The molecule has 1 aliphatic rings. The van der Waals surface area contributed by atoms with Gasteiger partial charge in [-0.2, -0.15) is 0 Å². The molecule has 48 valence electrons. The molecule has 0 aromatic heterocycles. The maximum absolute atomic E-state index is 5.67. The van der Waals surface area contributed by atoms with Crippen molar-refractivity contribution in [2.45, 2.75) is 33.2 Å². The highest BCUT2D eigenvalue weighted by atomic mass is 14.7. The molecule has 0 radical (unpaired) electrons. The van der Waals surface area contributed by atoms with Crippen LogP contribution in [-0.2, 0) is 0 Å². The Kier molecular flexibility index (Phi) is 1.12. The molecule has 0 saturated heterocycles. The predicted octanol–water partition coefficient (Wildman–Crippen LogP) is 1.38. The zero-order chi connectivity index (χ0) is 6.36. The molecular formula is C7H15N. The van der Waals surface area contributed by atoms with E-state index >= 15 is 0 Å². The molecule has 1 nitrogen and oxygen atoms in total. The maximum atomic E-state index is 5.67. The normalized spacial score (nSPS) is 36.8. The summed E-state index contributed by atoms with van der Waals surface area (Å²) in [6.07, 6.45) is 1.32. The van der Waals surface area contributed by atoms with Crippen LogP contribution in [0, 0.1) is 11.3 Å². The fourth-order valence-corrected chi connectivity index (χ4v) is 1.41. The first kappa shape index (κ1) is 6.09. The summed E-state index contributed by atoms with van der Waals surface area (Å²) in [5, 5.41) is 0. The van der Waals surface area contributed by atoms with Crippen LogP contribution < -0.4 is 5.73 Å². The largest absolute Gasteiger partial charge is 0.328 e. The van der Waals surface area contributed by atoms with Gasteiger partial charge in [0.1, 0.15) is 0 Å². The summed E-state index contributed by atoms with van der Waals surface area (Å²) < 4.78 is 0. The van der Waals surface area contributed by atoms with Crippen molar-refractivity contribution in [2.75, 3.05) is 0 Å². The minimum absolute atomic E-state index is 0.407. The van der Waals surface area contributed by atoms with E-state index in [2.05, 4.69) is 20.8 Å². The van der Waals surface area contributed by atoms with Crippen LogP contribution in [0.25, 0.3) is 0 Å². The monoisotopic (exact) mass is 113 g/mol. The van der Waals surface area contributed by atoms with Gasteiger partial charge in [-0.15, -0.1) is 0 Å². The van der Waals surface area contributed by atoms with Crippen LogP contribution in [0.4, 0.5) is 0 Å². The summed E-state index contributed by atoms with van der Waals surface area (Å²) in [5.74, 6) is 0.794. The van der Waals surface area contributed by atoms with Crippen molar-refractivity contribution >= 4 is 0 Å². The molecular weight excluding hydrogens is 98.1 g/mol. The molecule has 0 amide bonds. The molecule has 0 spiro atoms. The van der Waals surface area contributed by atoms with Gasteiger partial charge in [-0.1, -0.05) is 13.8 Å². The summed E-state index contributed by atoms with van der Waals surface area (Å²) in [7, 11) is 0. The summed E-state index contributed by atoms with van der Waals surface area (Å²) in [5.41, 5.74) is 6.24. The van der Waals surface area contributed by atoms with E-state index in [1.807, 2.05) is 0 Å². The summed E-state index contributed by atoms with van der Waals surface area (Å²) >= 11 is 0. The predicted molar refractivity (Wildman–Crippen MR) is 35.5 cm³/mol. The molecule has 1 heteroatoms. The van der Waals surface area contributed by atoms with Crippen LogP contribution in [0.3, 0.4) is 0 Å². The number of hydrogen-bond acceptors (Lipinski definition) is 1. The molecule has 2 N–H and O–H groups in total. The van der Waals surface area contributed by atoms with Crippen molar-refractivity contribution in [3.8, 4) is 0 Å². The molecule has 0 aromatic rings. The molecule has 0 bridgehead atoms. The highest BCUT2D eigenvalue weighted by Gasteiger charge is 2.47. The Labute approximate surface area is 51.3 Å². The summed E-state index contributed by atoms with van der Waals surface area (Å²) in [4.78, 5) is 0. The molecule has 8 heavy (non-hydrogen) atoms. The zero-order valence-electron chi connectivity index (χ0n) is 5.94. The first-order valence-corrected chi connectivity index (χ1v) is 3.29. The van der Waals surface area contributed by atoms with E-state index in [0.717, 1.165) is 5.92 Å². The van der Waals surface area contributed by atoms with Crippen molar-refractivity contribution in [1.29, 1.82) is 0 Å². The van der Waals surface area contributed by atoms with Gasteiger partial charge in [-0.3, -0.25) is 0 Å². The van der Waals surface area contributed by atoms with E-state index in [9.17, 15) is 0 Å². The van der Waals surface area contributed by atoms with Gasteiger partial charge < -0.3 is 5.73 Å². The topological polar surface area (TPSA) is 26.0 Å². The second-order valence-corrected chi connectivity index (χ2v) is 3.66. The maximum Gasteiger partial charge on any atom is 0.00440 e. The fourth-order valence-electron chi connectivity index (χ4n) is 1.41. The Morgan fingerprint density at radius 2 is 2.00 bits per heavy atom. The van der Waals surface area contributed by atoms with Gasteiger partial charge in [0, 0.05) is 6.04 Å². The molecule has 0 aromatic carbocycles. The van der Waals surface area contributed by atoms with Crippen molar-refractivity contribution in [1.82, 2.24) is 0 Å². The molecule has 1 rings (SSSR count). The van der Waals surface area contributed by atoms with Crippen LogP contribution in [0.1, 0.15) is 27.2 Å². The molecule has 0 heterocycles. The van der Waals surface area contributed by atoms with Crippen LogP contribution in [-0.4, -0.2) is 6.04 Å². The molecule has 2 atom stereocenters. The fraction of sp³-hybridized carbons (Fsp3) is 1.00. The van der Waals surface area contributed by atoms with Crippen LogP contribution in [0.15, 0.2) is 0 Å². The third-order valence-corrected chi connectivity index (χ3v) is 2.22. The minimum Gasteiger partial charge on any atom is -0.328 e. The number of hydrogen-bond donors (Lipinski definition) is 1. The average molecular weight is 113 g/mol. The first-order valence-electron chi connectivity index (χ1n) is 3.29. The van der Waals surface area contributed by atoms with E-state index in [1.165, 1.54) is 6.42 Å². The lowest BCUT2D eigenvalue weighted by molar-refractivity contribution is 0.501. The van der Waals surface area contributed by atoms with Gasteiger partial charge in [0.2, 0.25) is 0 Å². The minimum atomic E-state index is 0.407. The Balaban J connectivity index is 2.37. The Morgan fingerprint density at radius 3 is 2.00 bits per heavy atom. The van der Waals surface area contributed by atoms with Crippen molar-refractivity contribution < 1.29 is 0 Å². The second kappa shape index (κ2) is 1.47. The lowest BCUT2D eigenvalue weighted by Gasteiger charge is -2.04. The lowest BCUT2D eigenvalue weighted by Crippen LogP contribution is -2.19. The van der Waals surface area contributed by atoms with Crippen molar-refractivity contribution in [3.63, 3.8) is 0 Å². The molecule has 0 aliphatic heterocycles. The molecule has 1 fully saturated rings. The van der Waals surface area contributed by atoms with Gasteiger partial charge in [0.15, 0.2) is 0 Å². The molecule has 1 saturated carbocycles. The molecule has 0 unspecified atom stereocenters. The zero-order valence-corrected chi connectivity index (χ0v) is 5.94. The Hall–Kier alpha value is -0.0400. The third-order valence-electron chi connectivity index (χ3n) is 2.22. The van der Waals surface area contributed by atoms with Gasteiger partial charge in [0.05, 0.1) is 0 Å². The molecule has 1 aliphatic carbocycles. The standard InChI is InChI=1S/C7H15N/c1-5(8)6-4-7(6,2)3/h5-6H,4,8H2,1-3H3/t5-,6-/m1/s1. The third kappa shape index (κ3) is 0.873. The van der Waals surface area contributed by atoms with Gasteiger partial charge in [-0.05, 0) is 24.7 Å². The van der Waals surface area contributed by atoms with Gasteiger partial charge >= 0.3 is 0 Å². The Bertz CT molecular complexity index is 94.6. The van der Waals surface area contributed by atoms with E-state index < -0.39 is 0 Å². The van der Waals surface area contributed by atoms with Crippen molar-refractivity contribution in [2.24, 2.45) is 17.1 Å². The first-order chi connectivity index (χ1) is 3.54. The Morgan fingerprint density at radius 1 is 1.62 bits per heavy atom. The highest BCUT2D eigenvalue weighted by molar-refractivity contribution is 4.99. The van der Waals surface area contributed by atoms with Crippen LogP contribution in [0.2, 0.25) is 0 Å². The quantitative estimate of drug-likeness (QED) is 0.546. The van der Waals surface area contributed by atoms with Crippen LogP contribution >= 0.6 is 0 Å². The van der Waals surface area contributed by atoms with Crippen LogP contribution in [0.5, 0.6) is 0 Å². The summed E-state index contributed by atoms with van der Waals surface area (Å²) in [6.45, 7) is 6.65. The summed E-state index contributed by atoms with van der Waals surface area (Å²) in [6, 6.07) is 0.407. The smallest absolute Gasteiger partial charge is 0.00440 e. The average Bonchev–Trinajstić information content (AvgIpc) is 2.13. The SMILES string of the molecule is C[C@@H](N)[C@H]1CC1(C)C. The van der Waals surface area contributed by atoms with E-state index in [0.29, 0.717) is 11.5 Å².